The van der Waals surface area contributed by atoms with E-state index in [-0.39, 0.29) is 5.82 Å². The molecule has 0 saturated heterocycles. The Morgan fingerprint density at radius 3 is 2.85 bits per heavy atom. The summed E-state index contributed by atoms with van der Waals surface area (Å²) < 4.78 is 13.4. The third kappa shape index (κ3) is 1.45. The first-order chi connectivity index (χ1) is 6.29. The molecule has 4 heteroatoms. The summed E-state index contributed by atoms with van der Waals surface area (Å²) in [7, 11) is 0. The van der Waals surface area contributed by atoms with E-state index in [1.165, 1.54) is 17.4 Å². The molecule has 0 aliphatic heterocycles. The van der Waals surface area contributed by atoms with Gasteiger partial charge in [-0.05, 0) is 18.6 Å². The summed E-state index contributed by atoms with van der Waals surface area (Å²) in [5.41, 5.74) is 3.04. The van der Waals surface area contributed by atoms with Crippen LogP contribution in [-0.2, 0) is 0 Å². The van der Waals surface area contributed by atoms with E-state index in [2.05, 4.69) is 10.2 Å². The van der Waals surface area contributed by atoms with Gasteiger partial charge in [0, 0.05) is 0 Å². The van der Waals surface area contributed by atoms with Gasteiger partial charge in [-0.3, -0.25) is 0 Å². The molecular formula is C9H7FN2S. The normalized spacial score (nSPS) is 10.3. The Kier molecular flexibility index (Phi) is 2.06. The standard InChI is InChI=1S/C9H7FN2S/c1-6-3-2-4-7(10)8(6)9-12-11-5-13-9/h2-5H,1H3. The van der Waals surface area contributed by atoms with Crippen molar-refractivity contribution in [2.75, 3.05) is 0 Å². The predicted molar refractivity (Wildman–Crippen MR) is 50.0 cm³/mol. The van der Waals surface area contributed by atoms with E-state index < -0.39 is 0 Å². The van der Waals surface area contributed by atoms with Gasteiger partial charge >= 0.3 is 0 Å². The molecule has 0 unspecified atom stereocenters. The average molecular weight is 194 g/mol. The number of nitrogens with zero attached hydrogens (tertiary/aromatic N) is 2. The number of aryl methyl sites for hydroxylation is 1. The van der Waals surface area contributed by atoms with Crippen molar-refractivity contribution in [2.45, 2.75) is 6.92 Å². The molecule has 0 aliphatic rings. The maximum Gasteiger partial charge on any atom is 0.150 e. The molecule has 66 valence electrons. The summed E-state index contributed by atoms with van der Waals surface area (Å²) in [6.45, 7) is 1.86. The number of hydrogen-bond acceptors (Lipinski definition) is 3. The van der Waals surface area contributed by atoms with Crippen LogP contribution in [0.4, 0.5) is 4.39 Å². The van der Waals surface area contributed by atoms with Crippen LogP contribution in [0.1, 0.15) is 5.56 Å². The molecule has 1 aromatic heterocycles. The minimum Gasteiger partial charge on any atom is -0.206 e. The molecule has 13 heavy (non-hydrogen) atoms. The maximum absolute atomic E-state index is 13.4. The van der Waals surface area contributed by atoms with Crippen LogP contribution in [0.15, 0.2) is 23.7 Å². The summed E-state index contributed by atoms with van der Waals surface area (Å²) in [6.07, 6.45) is 0. The molecule has 0 bridgehead atoms. The predicted octanol–water partition coefficient (Wildman–Crippen LogP) is 2.65. The number of halogens is 1. The molecule has 0 aliphatic carbocycles. The average Bonchev–Trinajstić information content (AvgIpc) is 2.57. The van der Waals surface area contributed by atoms with Gasteiger partial charge in [-0.1, -0.05) is 23.5 Å². The maximum atomic E-state index is 13.4. The highest BCUT2D eigenvalue weighted by Crippen LogP contribution is 2.26. The van der Waals surface area contributed by atoms with Crippen LogP contribution in [0.3, 0.4) is 0 Å². The fourth-order valence-corrected chi connectivity index (χ4v) is 1.85. The van der Waals surface area contributed by atoms with Gasteiger partial charge in [0.05, 0.1) is 5.56 Å². The second-order valence-electron chi connectivity index (χ2n) is 2.68. The Hall–Kier alpha value is -1.29. The Morgan fingerprint density at radius 1 is 1.38 bits per heavy atom. The highest BCUT2D eigenvalue weighted by molar-refractivity contribution is 7.12. The highest BCUT2D eigenvalue weighted by Gasteiger charge is 2.10. The third-order valence-electron chi connectivity index (χ3n) is 1.80. The molecule has 0 spiro atoms. The van der Waals surface area contributed by atoms with Gasteiger partial charge in [-0.2, -0.15) is 0 Å². The first kappa shape index (κ1) is 8.31. The fraction of sp³-hybridized carbons (Fsp3) is 0.111. The van der Waals surface area contributed by atoms with Crippen LogP contribution in [0, 0.1) is 12.7 Å². The molecule has 1 aromatic carbocycles. The van der Waals surface area contributed by atoms with Crippen LogP contribution in [-0.4, -0.2) is 10.2 Å². The zero-order valence-electron chi connectivity index (χ0n) is 6.99. The van der Waals surface area contributed by atoms with Gasteiger partial charge in [0.1, 0.15) is 11.3 Å². The summed E-state index contributed by atoms with van der Waals surface area (Å²) in [4.78, 5) is 0. The second-order valence-corrected chi connectivity index (χ2v) is 3.51. The van der Waals surface area contributed by atoms with Gasteiger partial charge in [0.25, 0.3) is 0 Å². The van der Waals surface area contributed by atoms with Gasteiger partial charge in [0.2, 0.25) is 0 Å². The van der Waals surface area contributed by atoms with Gasteiger partial charge in [0.15, 0.2) is 5.01 Å². The van der Waals surface area contributed by atoms with Crippen LogP contribution in [0.2, 0.25) is 0 Å². The van der Waals surface area contributed by atoms with Crippen LogP contribution in [0.25, 0.3) is 10.6 Å². The topological polar surface area (TPSA) is 25.8 Å². The molecule has 0 atom stereocenters. The molecule has 0 fully saturated rings. The van der Waals surface area contributed by atoms with Crippen molar-refractivity contribution in [3.63, 3.8) is 0 Å². The molecule has 0 N–H and O–H groups in total. The summed E-state index contributed by atoms with van der Waals surface area (Å²) in [5, 5.41) is 8.15. The van der Waals surface area contributed by atoms with Crippen molar-refractivity contribution >= 4 is 11.3 Å². The van der Waals surface area contributed by atoms with Crippen molar-refractivity contribution in [3.8, 4) is 10.6 Å². The monoisotopic (exact) mass is 194 g/mol. The molecule has 0 amide bonds. The third-order valence-corrected chi connectivity index (χ3v) is 2.50. The van der Waals surface area contributed by atoms with Crippen LogP contribution in [0.5, 0.6) is 0 Å². The second kappa shape index (κ2) is 3.22. The minimum absolute atomic E-state index is 0.239. The number of aromatic nitrogens is 2. The summed E-state index contributed by atoms with van der Waals surface area (Å²) in [6, 6.07) is 4.98. The van der Waals surface area contributed by atoms with E-state index in [1.54, 1.807) is 11.6 Å². The van der Waals surface area contributed by atoms with Gasteiger partial charge in [-0.25, -0.2) is 4.39 Å². The van der Waals surface area contributed by atoms with Crippen LogP contribution >= 0.6 is 11.3 Å². The van der Waals surface area contributed by atoms with Crippen molar-refractivity contribution in [1.29, 1.82) is 0 Å². The fourth-order valence-electron chi connectivity index (χ4n) is 1.18. The first-order valence-electron chi connectivity index (χ1n) is 3.80. The minimum atomic E-state index is -0.239. The van der Waals surface area contributed by atoms with E-state index in [0.717, 1.165) is 5.56 Å². The molecule has 2 rings (SSSR count). The smallest absolute Gasteiger partial charge is 0.150 e. The molecule has 2 aromatic rings. The quantitative estimate of drug-likeness (QED) is 0.697. The lowest BCUT2D eigenvalue weighted by molar-refractivity contribution is 0.630. The molecular weight excluding hydrogens is 187 g/mol. The molecule has 2 nitrogen and oxygen atoms in total. The number of rotatable bonds is 1. The lowest BCUT2D eigenvalue weighted by Gasteiger charge is -2.01. The van der Waals surface area contributed by atoms with Crippen molar-refractivity contribution < 1.29 is 4.39 Å². The van der Waals surface area contributed by atoms with Crippen molar-refractivity contribution in [1.82, 2.24) is 10.2 Å². The molecule has 0 radical (unpaired) electrons. The van der Waals surface area contributed by atoms with Crippen LogP contribution < -0.4 is 0 Å². The Labute approximate surface area is 79.1 Å². The Bertz CT molecular complexity index is 391. The lowest BCUT2D eigenvalue weighted by atomic mass is 10.1. The summed E-state index contributed by atoms with van der Waals surface area (Å²) in [5.74, 6) is -0.239. The number of benzene rings is 1. The van der Waals surface area contributed by atoms with Gasteiger partial charge in [-0.15, -0.1) is 10.2 Å². The summed E-state index contributed by atoms with van der Waals surface area (Å²) >= 11 is 1.34. The van der Waals surface area contributed by atoms with E-state index in [9.17, 15) is 4.39 Å². The first-order valence-corrected chi connectivity index (χ1v) is 4.68. The van der Waals surface area contributed by atoms with E-state index in [0.29, 0.717) is 10.6 Å². The molecule has 0 saturated carbocycles. The van der Waals surface area contributed by atoms with E-state index >= 15 is 0 Å². The van der Waals surface area contributed by atoms with Gasteiger partial charge < -0.3 is 0 Å². The van der Waals surface area contributed by atoms with E-state index in [4.69, 9.17) is 0 Å². The Morgan fingerprint density at radius 2 is 2.23 bits per heavy atom. The zero-order chi connectivity index (χ0) is 9.26. The Balaban J connectivity index is 2.64. The number of hydrogen-bond donors (Lipinski definition) is 0. The lowest BCUT2D eigenvalue weighted by Crippen LogP contribution is -1.87. The van der Waals surface area contributed by atoms with Crippen molar-refractivity contribution in [3.05, 3.63) is 35.1 Å². The highest BCUT2D eigenvalue weighted by atomic mass is 32.1. The van der Waals surface area contributed by atoms with Crippen molar-refractivity contribution in [2.24, 2.45) is 0 Å². The largest absolute Gasteiger partial charge is 0.206 e. The zero-order valence-corrected chi connectivity index (χ0v) is 7.81. The SMILES string of the molecule is Cc1cccc(F)c1-c1nncs1. The van der Waals surface area contributed by atoms with E-state index in [1.807, 2.05) is 13.0 Å². The molecule has 1 heterocycles.